The number of hydrogen-bond acceptors (Lipinski definition) is 3. The third-order valence-electron chi connectivity index (χ3n) is 2.74. The minimum Gasteiger partial charge on any atom is -0.493 e. The van der Waals surface area contributed by atoms with Crippen LogP contribution in [0.15, 0.2) is 47.4 Å². The number of benzene rings is 2. The number of hydrogen-bond donors (Lipinski definition) is 1. The molecule has 1 atom stereocenters. The van der Waals surface area contributed by atoms with Gasteiger partial charge in [-0.3, -0.25) is 4.21 Å². The molecule has 0 aromatic heterocycles. The van der Waals surface area contributed by atoms with Gasteiger partial charge in [0, 0.05) is 22.5 Å². The summed E-state index contributed by atoms with van der Waals surface area (Å²) in [5, 5.41) is 0.994. The quantitative estimate of drug-likeness (QED) is 0.633. The first-order chi connectivity index (χ1) is 10.1. The van der Waals surface area contributed by atoms with Gasteiger partial charge in [-0.1, -0.05) is 29.3 Å². The highest BCUT2D eigenvalue weighted by atomic mass is 35.5. The predicted octanol–water partition coefficient (Wildman–Crippen LogP) is 4.15. The van der Waals surface area contributed by atoms with E-state index in [0.717, 1.165) is 0 Å². The Morgan fingerprint density at radius 1 is 1.14 bits per heavy atom. The van der Waals surface area contributed by atoms with Crippen molar-refractivity contribution in [3.8, 4) is 5.75 Å². The van der Waals surface area contributed by atoms with Crippen LogP contribution in [-0.4, -0.2) is 16.6 Å². The maximum absolute atomic E-state index is 12.2. The van der Waals surface area contributed by atoms with E-state index >= 15 is 0 Å². The molecule has 0 radical (unpaired) electrons. The Morgan fingerprint density at radius 3 is 2.71 bits per heavy atom. The zero-order valence-electron chi connectivity index (χ0n) is 11.2. The van der Waals surface area contributed by atoms with Crippen LogP contribution < -0.4 is 10.5 Å². The molecule has 1 unspecified atom stereocenters. The monoisotopic (exact) mass is 343 g/mol. The molecule has 2 N–H and O–H groups in total. The van der Waals surface area contributed by atoms with Gasteiger partial charge in [0.1, 0.15) is 5.75 Å². The van der Waals surface area contributed by atoms with E-state index in [1.807, 2.05) is 12.1 Å². The van der Waals surface area contributed by atoms with Crippen molar-refractivity contribution in [2.24, 2.45) is 0 Å². The number of rotatable bonds is 6. The summed E-state index contributed by atoms with van der Waals surface area (Å²) in [7, 11) is -1.19. The maximum atomic E-state index is 12.2. The van der Waals surface area contributed by atoms with Crippen LogP contribution in [0.1, 0.15) is 6.42 Å². The molecule has 2 aromatic carbocycles. The van der Waals surface area contributed by atoms with Crippen LogP contribution in [-0.2, 0) is 10.8 Å². The fraction of sp³-hybridized carbons (Fsp3) is 0.200. The van der Waals surface area contributed by atoms with E-state index < -0.39 is 10.8 Å². The Kier molecular flexibility index (Phi) is 5.91. The van der Waals surface area contributed by atoms with Gasteiger partial charge in [-0.15, -0.1) is 0 Å². The van der Waals surface area contributed by atoms with Gasteiger partial charge in [0.15, 0.2) is 0 Å². The summed E-state index contributed by atoms with van der Waals surface area (Å²) in [6, 6.07) is 12.2. The highest BCUT2D eigenvalue weighted by molar-refractivity contribution is 7.85. The zero-order valence-corrected chi connectivity index (χ0v) is 13.5. The first-order valence-electron chi connectivity index (χ1n) is 6.38. The first-order valence-corrected chi connectivity index (χ1v) is 8.45. The Bertz CT molecular complexity index is 649. The second-order valence-corrected chi connectivity index (χ2v) is 6.78. The molecule has 3 nitrogen and oxygen atoms in total. The number of nitrogen functional groups attached to an aromatic ring is 1. The van der Waals surface area contributed by atoms with Crippen molar-refractivity contribution in [3.05, 3.63) is 52.5 Å². The summed E-state index contributed by atoms with van der Waals surface area (Å²) in [6.07, 6.45) is 0.643. The van der Waals surface area contributed by atoms with Crippen molar-refractivity contribution >= 4 is 39.7 Å². The van der Waals surface area contributed by atoms with Crippen LogP contribution in [0.5, 0.6) is 5.75 Å². The Morgan fingerprint density at radius 2 is 1.95 bits per heavy atom. The third-order valence-corrected chi connectivity index (χ3v) is 4.90. The molecule has 0 aliphatic rings. The molecule has 2 rings (SSSR count). The lowest BCUT2D eigenvalue weighted by Crippen LogP contribution is -2.05. The average molecular weight is 344 g/mol. The van der Waals surface area contributed by atoms with Crippen LogP contribution in [0.3, 0.4) is 0 Å². The normalized spacial score (nSPS) is 12.1. The molecule has 2 aromatic rings. The van der Waals surface area contributed by atoms with Crippen molar-refractivity contribution in [1.29, 1.82) is 0 Å². The molecule has 0 aliphatic heterocycles. The highest BCUT2D eigenvalue weighted by Crippen LogP contribution is 2.24. The van der Waals surface area contributed by atoms with Crippen molar-refractivity contribution in [1.82, 2.24) is 0 Å². The minimum absolute atomic E-state index is 0.461. The van der Waals surface area contributed by atoms with Crippen LogP contribution in [0.2, 0.25) is 10.0 Å². The minimum atomic E-state index is -1.19. The lowest BCUT2D eigenvalue weighted by Gasteiger charge is -2.08. The van der Waals surface area contributed by atoms with Crippen LogP contribution in [0.4, 0.5) is 5.69 Å². The lowest BCUT2D eigenvalue weighted by molar-refractivity contribution is 0.318. The van der Waals surface area contributed by atoms with Crippen molar-refractivity contribution in [2.75, 3.05) is 18.1 Å². The maximum Gasteiger partial charge on any atom is 0.121 e. The van der Waals surface area contributed by atoms with Gasteiger partial charge in [-0.2, -0.15) is 0 Å². The fourth-order valence-electron chi connectivity index (χ4n) is 1.75. The smallest absolute Gasteiger partial charge is 0.121 e. The van der Waals surface area contributed by atoms with Gasteiger partial charge in [0.25, 0.3) is 0 Å². The van der Waals surface area contributed by atoms with E-state index in [1.165, 1.54) is 0 Å². The molecule has 112 valence electrons. The number of anilines is 1. The first kappa shape index (κ1) is 16.1. The van der Waals surface area contributed by atoms with E-state index in [1.54, 1.807) is 30.3 Å². The lowest BCUT2D eigenvalue weighted by atomic mass is 10.3. The number of halogens is 2. The Balaban J connectivity index is 1.83. The van der Waals surface area contributed by atoms with Crippen LogP contribution in [0.25, 0.3) is 0 Å². The number of ether oxygens (including phenoxy) is 1. The molecule has 6 heteroatoms. The fourth-order valence-corrected chi connectivity index (χ4v) is 3.50. The predicted molar refractivity (Wildman–Crippen MR) is 88.7 cm³/mol. The topological polar surface area (TPSA) is 52.3 Å². The second kappa shape index (κ2) is 7.69. The largest absolute Gasteiger partial charge is 0.493 e. The van der Waals surface area contributed by atoms with Gasteiger partial charge in [0.2, 0.25) is 0 Å². The van der Waals surface area contributed by atoms with E-state index in [9.17, 15) is 4.21 Å². The molecule has 0 amide bonds. The third kappa shape index (κ3) is 4.92. The van der Waals surface area contributed by atoms with E-state index in [0.29, 0.717) is 45.2 Å². The standard InChI is InChI=1S/C15H15Cl2NO2S/c16-11-5-6-14(17)15(9-11)21(19)8-2-7-20-13-4-1-3-12(18)10-13/h1,3-6,9-10H,2,7-8,18H2. The van der Waals surface area contributed by atoms with Gasteiger partial charge in [-0.25, -0.2) is 0 Å². The summed E-state index contributed by atoms with van der Waals surface area (Å²) < 4.78 is 17.7. The van der Waals surface area contributed by atoms with E-state index in [2.05, 4.69) is 0 Å². The molecule has 0 aliphatic carbocycles. The summed E-state index contributed by atoms with van der Waals surface area (Å²) in [5.74, 6) is 1.17. The summed E-state index contributed by atoms with van der Waals surface area (Å²) in [5.41, 5.74) is 6.32. The number of nitrogens with two attached hydrogens (primary N) is 1. The van der Waals surface area contributed by atoms with Crippen LogP contribution in [0, 0.1) is 0 Å². The van der Waals surface area contributed by atoms with Crippen molar-refractivity contribution in [3.63, 3.8) is 0 Å². The van der Waals surface area contributed by atoms with Crippen molar-refractivity contribution in [2.45, 2.75) is 11.3 Å². The second-order valence-electron chi connectivity index (χ2n) is 4.40. The van der Waals surface area contributed by atoms with E-state index in [-0.39, 0.29) is 0 Å². The average Bonchev–Trinajstić information content (AvgIpc) is 2.46. The summed E-state index contributed by atoms with van der Waals surface area (Å²) >= 11 is 11.9. The molecule has 0 bridgehead atoms. The van der Waals surface area contributed by atoms with Crippen molar-refractivity contribution < 1.29 is 8.95 Å². The molecule has 21 heavy (non-hydrogen) atoms. The molecular formula is C15H15Cl2NO2S. The van der Waals surface area contributed by atoms with Gasteiger partial charge in [-0.05, 0) is 36.8 Å². The molecular weight excluding hydrogens is 329 g/mol. The summed E-state index contributed by atoms with van der Waals surface area (Å²) in [4.78, 5) is 0.563. The van der Waals surface area contributed by atoms with Gasteiger partial charge in [0.05, 0.1) is 27.3 Å². The Labute approximate surface area is 136 Å². The molecule has 0 fully saturated rings. The Hall–Kier alpha value is -1.23. The molecule has 0 spiro atoms. The van der Waals surface area contributed by atoms with Gasteiger partial charge >= 0.3 is 0 Å². The molecule has 0 saturated heterocycles. The molecule has 0 saturated carbocycles. The summed E-state index contributed by atoms with van der Waals surface area (Å²) in [6.45, 7) is 0.466. The zero-order chi connectivity index (χ0) is 15.2. The van der Waals surface area contributed by atoms with E-state index in [4.69, 9.17) is 33.7 Å². The SMILES string of the molecule is Nc1cccc(OCCCS(=O)c2cc(Cl)ccc2Cl)c1. The van der Waals surface area contributed by atoms with Crippen LogP contribution >= 0.6 is 23.2 Å². The highest BCUT2D eigenvalue weighted by Gasteiger charge is 2.09. The molecule has 0 heterocycles. The van der Waals surface area contributed by atoms with Gasteiger partial charge < -0.3 is 10.5 Å².